The molecule has 0 bridgehead atoms. The zero-order valence-corrected chi connectivity index (χ0v) is 30.4. The standard InChI is InChI=1S/C51H39N3/c1-51(2)47-10-4-3-9-45(47)46-28-21-39(31-48(46)51)34-15-22-42(23-16-34)54(43-24-17-35(18-25-43)40-13-11-37-7-5-29-52-49(37)32-40)44-26-19-36(20-27-44)41-14-12-38-8-6-30-53-50(38)33-41/h3-13,15-33,41H,14H2,1-2H3. The van der Waals surface area contributed by atoms with Crippen molar-refractivity contribution in [1.29, 1.82) is 0 Å². The minimum atomic E-state index is -0.0341. The first kappa shape index (κ1) is 32.1. The van der Waals surface area contributed by atoms with Gasteiger partial charge in [0.05, 0.1) is 10.9 Å². The maximum Gasteiger partial charge on any atom is 0.0708 e. The van der Waals surface area contributed by atoms with E-state index in [1.165, 1.54) is 44.2 Å². The largest absolute Gasteiger partial charge is 0.311 e. The third kappa shape index (κ3) is 5.52. The molecule has 2 aliphatic rings. The summed E-state index contributed by atoms with van der Waals surface area (Å²) in [6.45, 7) is 4.69. The van der Waals surface area contributed by atoms with E-state index in [0.29, 0.717) is 5.92 Å². The van der Waals surface area contributed by atoms with Crippen molar-refractivity contribution in [2.75, 3.05) is 4.90 Å². The summed E-state index contributed by atoms with van der Waals surface area (Å²) >= 11 is 0. The summed E-state index contributed by atoms with van der Waals surface area (Å²) < 4.78 is 0. The fraction of sp³-hybridized carbons (Fsp3) is 0.0980. The van der Waals surface area contributed by atoms with Gasteiger partial charge in [-0.1, -0.05) is 123 Å². The molecule has 6 aromatic carbocycles. The monoisotopic (exact) mass is 693 g/mol. The van der Waals surface area contributed by atoms with Gasteiger partial charge in [-0.3, -0.25) is 9.97 Å². The molecule has 2 heterocycles. The molecule has 0 N–H and O–H groups in total. The Morgan fingerprint density at radius 2 is 1.15 bits per heavy atom. The molecule has 10 rings (SSSR count). The van der Waals surface area contributed by atoms with E-state index in [0.717, 1.165) is 50.9 Å². The van der Waals surface area contributed by atoms with Crippen molar-refractivity contribution in [1.82, 2.24) is 9.97 Å². The molecule has 3 heteroatoms. The maximum atomic E-state index is 4.63. The zero-order valence-electron chi connectivity index (χ0n) is 30.4. The normalized spacial score (nSPS) is 15.0. The number of rotatable bonds is 6. The van der Waals surface area contributed by atoms with Gasteiger partial charge >= 0.3 is 0 Å². The fourth-order valence-electron chi connectivity index (χ4n) is 8.54. The van der Waals surface area contributed by atoms with Crippen molar-refractivity contribution >= 4 is 40.1 Å². The second kappa shape index (κ2) is 12.8. The molecule has 0 spiro atoms. The highest BCUT2D eigenvalue weighted by atomic mass is 15.1. The molecule has 0 amide bonds. The molecule has 1 atom stereocenters. The van der Waals surface area contributed by atoms with Crippen LogP contribution in [0.15, 0.2) is 170 Å². The topological polar surface area (TPSA) is 29.0 Å². The highest BCUT2D eigenvalue weighted by molar-refractivity contribution is 5.86. The van der Waals surface area contributed by atoms with E-state index in [1.54, 1.807) is 0 Å². The predicted octanol–water partition coefficient (Wildman–Crippen LogP) is 11.5. The first-order valence-electron chi connectivity index (χ1n) is 18.8. The number of benzene rings is 6. The highest BCUT2D eigenvalue weighted by Crippen LogP contribution is 2.49. The van der Waals surface area contributed by atoms with Gasteiger partial charge in [0.15, 0.2) is 0 Å². The van der Waals surface area contributed by atoms with Crippen LogP contribution in [0.25, 0.3) is 56.4 Å². The minimum absolute atomic E-state index is 0.0341. The number of fused-ring (bicyclic) bond motifs is 5. The van der Waals surface area contributed by atoms with Crippen LogP contribution in [0, 0.1) is 0 Å². The minimum Gasteiger partial charge on any atom is -0.311 e. The number of pyridine rings is 2. The van der Waals surface area contributed by atoms with Crippen LogP contribution in [0.3, 0.4) is 0 Å². The third-order valence-corrected chi connectivity index (χ3v) is 11.5. The molecule has 2 aliphatic carbocycles. The van der Waals surface area contributed by atoms with Gasteiger partial charge < -0.3 is 4.90 Å². The van der Waals surface area contributed by atoms with Gasteiger partial charge in [0.1, 0.15) is 0 Å². The van der Waals surface area contributed by atoms with E-state index < -0.39 is 0 Å². The van der Waals surface area contributed by atoms with E-state index in [1.807, 2.05) is 24.5 Å². The molecule has 2 aromatic heterocycles. The second-order valence-corrected chi connectivity index (χ2v) is 15.1. The summed E-state index contributed by atoms with van der Waals surface area (Å²) in [5, 5.41) is 3.43. The zero-order chi connectivity index (χ0) is 36.2. The molecule has 3 nitrogen and oxygen atoms in total. The van der Waals surface area contributed by atoms with Gasteiger partial charge in [0, 0.05) is 46.2 Å². The van der Waals surface area contributed by atoms with Crippen LogP contribution in [0.4, 0.5) is 17.1 Å². The van der Waals surface area contributed by atoms with Crippen LogP contribution in [0.1, 0.15) is 42.9 Å². The summed E-state index contributed by atoms with van der Waals surface area (Å²) in [7, 11) is 0. The lowest BCUT2D eigenvalue weighted by Gasteiger charge is -2.27. The van der Waals surface area contributed by atoms with E-state index in [2.05, 4.69) is 186 Å². The van der Waals surface area contributed by atoms with E-state index in [4.69, 9.17) is 0 Å². The Hall–Kier alpha value is -6.58. The summed E-state index contributed by atoms with van der Waals surface area (Å²) in [5.74, 6) is 0.301. The van der Waals surface area contributed by atoms with Crippen LogP contribution in [-0.2, 0) is 5.41 Å². The van der Waals surface area contributed by atoms with Crippen molar-refractivity contribution in [3.63, 3.8) is 0 Å². The Kier molecular flexibility index (Phi) is 7.62. The number of anilines is 3. The molecule has 54 heavy (non-hydrogen) atoms. The Balaban J connectivity index is 1.00. The lowest BCUT2D eigenvalue weighted by atomic mass is 9.81. The van der Waals surface area contributed by atoms with E-state index in [-0.39, 0.29) is 5.41 Å². The lowest BCUT2D eigenvalue weighted by molar-refractivity contribution is 0.660. The first-order valence-corrected chi connectivity index (χ1v) is 18.8. The molecule has 1 unspecified atom stereocenters. The van der Waals surface area contributed by atoms with Crippen LogP contribution in [0.5, 0.6) is 0 Å². The van der Waals surface area contributed by atoms with Crippen LogP contribution in [-0.4, -0.2) is 9.97 Å². The summed E-state index contributed by atoms with van der Waals surface area (Å²) in [6.07, 6.45) is 9.32. The Bertz CT molecular complexity index is 2820. The Labute approximate surface area is 316 Å². The van der Waals surface area contributed by atoms with Crippen molar-refractivity contribution in [3.05, 3.63) is 197 Å². The highest BCUT2D eigenvalue weighted by Gasteiger charge is 2.35. The molecular weight excluding hydrogens is 655 g/mol. The van der Waals surface area contributed by atoms with Crippen molar-refractivity contribution < 1.29 is 0 Å². The molecular formula is C51H39N3. The Morgan fingerprint density at radius 1 is 0.537 bits per heavy atom. The summed E-state index contributed by atoms with van der Waals surface area (Å²) in [5.41, 5.74) is 15.9. The summed E-state index contributed by atoms with van der Waals surface area (Å²) in [6, 6.07) is 57.6. The molecule has 0 aliphatic heterocycles. The SMILES string of the molecule is CC1(C)c2ccccc2-c2ccc(-c3ccc(N(c4ccc(-c5ccc6cccnc6c5)cc4)c4ccc(C5C=c6ncccc6=CC5)cc4)cc3)cc21. The van der Waals surface area contributed by atoms with Gasteiger partial charge in [-0.2, -0.15) is 0 Å². The van der Waals surface area contributed by atoms with Crippen molar-refractivity contribution in [3.8, 4) is 33.4 Å². The maximum absolute atomic E-state index is 4.63. The molecule has 8 aromatic rings. The van der Waals surface area contributed by atoms with Crippen LogP contribution >= 0.6 is 0 Å². The quantitative estimate of drug-likeness (QED) is 0.174. The van der Waals surface area contributed by atoms with Gasteiger partial charge in [0.2, 0.25) is 0 Å². The average molecular weight is 694 g/mol. The van der Waals surface area contributed by atoms with Gasteiger partial charge in [0.25, 0.3) is 0 Å². The molecule has 0 radical (unpaired) electrons. The van der Waals surface area contributed by atoms with Crippen LogP contribution in [0.2, 0.25) is 0 Å². The first-order chi connectivity index (χ1) is 26.5. The van der Waals surface area contributed by atoms with Crippen molar-refractivity contribution in [2.45, 2.75) is 31.6 Å². The molecule has 0 saturated heterocycles. The number of hydrogen-bond acceptors (Lipinski definition) is 3. The number of hydrogen-bond donors (Lipinski definition) is 0. The van der Waals surface area contributed by atoms with Gasteiger partial charge in [-0.25, -0.2) is 0 Å². The van der Waals surface area contributed by atoms with E-state index in [9.17, 15) is 0 Å². The molecule has 258 valence electrons. The van der Waals surface area contributed by atoms with Crippen LogP contribution < -0.4 is 15.5 Å². The Morgan fingerprint density at radius 3 is 1.91 bits per heavy atom. The van der Waals surface area contributed by atoms with Gasteiger partial charge in [-0.15, -0.1) is 0 Å². The number of nitrogens with zero attached hydrogens (tertiary/aromatic N) is 3. The smallest absolute Gasteiger partial charge is 0.0708 e. The fourth-order valence-corrected chi connectivity index (χ4v) is 8.54. The third-order valence-electron chi connectivity index (χ3n) is 11.5. The molecule has 0 saturated carbocycles. The van der Waals surface area contributed by atoms with E-state index >= 15 is 0 Å². The predicted molar refractivity (Wildman–Crippen MR) is 225 cm³/mol. The average Bonchev–Trinajstić information content (AvgIpc) is 3.46. The van der Waals surface area contributed by atoms with Crippen molar-refractivity contribution in [2.24, 2.45) is 0 Å². The molecule has 0 fully saturated rings. The summed E-state index contributed by atoms with van der Waals surface area (Å²) in [4.78, 5) is 11.6. The second-order valence-electron chi connectivity index (χ2n) is 15.1. The lowest BCUT2D eigenvalue weighted by Crippen LogP contribution is -2.30. The number of aromatic nitrogens is 2. The van der Waals surface area contributed by atoms with Gasteiger partial charge in [-0.05, 0) is 122 Å².